The fourth-order valence-corrected chi connectivity index (χ4v) is 1.28. The number of nitrogens with one attached hydrogen (secondary N) is 1. The minimum Gasteiger partial charge on any atom is -0.326 e. The van der Waals surface area contributed by atoms with E-state index in [1.807, 2.05) is 24.3 Å². The quantitative estimate of drug-likeness (QED) is 0.818. The topological polar surface area (TPSA) is 46.2 Å². The van der Waals surface area contributed by atoms with E-state index in [-0.39, 0.29) is 11.7 Å². The molecule has 1 N–H and O–H groups in total. The Balaban J connectivity index is 2.56. The molecule has 1 rings (SSSR count). The average molecular weight is 205 g/mol. The molecule has 0 fully saturated rings. The summed E-state index contributed by atoms with van der Waals surface area (Å²) in [4.78, 5) is 21.5. The highest BCUT2D eigenvalue weighted by molar-refractivity contribution is 5.88. The van der Waals surface area contributed by atoms with Crippen LogP contribution in [0.25, 0.3) is 0 Å². The van der Waals surface area contributed by atoms with Crippen molar-refractivity contribution in [2.24, 2.45) is 0 Å². The van der Waals surface area contributed by atoms with Gasteiger partial charge in [0.1, 0.15) is 5.78 Å². The van der Waals surface area contributed by atoms with Crippen molar-refractivity contribution in [3.8, 4) is 0 Å². The van der Waals surface area contributed by atoms with E-state index in [2.05, 4.69) is 5.32 Å². The van der Waals surface area contributed by atoms with Crippen molar-refractivity contribution < 1.29 is 9.59 Å². The van der Waals surface area contributed by atoms with E-state index < -0.39 is 0 Å². The van der Waals surface area contributed by atoms with E-state index in [0.717, 1.165) is 17.7 Å². The van der Waals surface area contributed by atoms with Gasteiger partial charge in [0.15, 0.2) is 0 Å². The van der Waals surface area contributed by atoms with E-state index in [1.165, 1.54) is 6.92 Å². The summed E-state index contributed by atoms with van der Waals surface area (Å²) in [5, 5.41) is 2.69. The molecule has 0 atom stereocenters. The van der Waals surface area contributed by atoms with Crippen molar-refractivity contribution in [2.75, 3.05) is 5.32 Å². The van der Waals surface area contributed by atoms with Crippen LogP contribution < -0.4 is 5.32 Å². The maximum absolute atomic E-state index is 10.8. The zero-order chi connectivity index (χ0) is 11.3. The summed E-state index contributed by atoms with van der Waals surface area (Å²) in [6.45, 7) is 3.06. The van der Waals surface area contributed by atoms with Crippen LogP contribution in [0.4, 0.5) is 5.69 Å². The fraction of sp³-hybridized carbons (Fsp3) is 0.333. The Hall–Kier alpha value is -1.64. The highest BCUT2D eigenvalue weighted by Crippen LogP contribution is 2.10. The van der Waals surface area contributed by atoms with Gasteiger partial charge in [0.05, 0.1) is 0 Å². The molecule has 3 nitrogen and oxygen atoms in total. The Morgan fingerprint density at radius 2 is 1.73 bits per heavy atom. The summed E-state index contributed by atoms with van der Waals surface area (Å²) < 4.78 is 0. The number of hydrogen-bond acceptors (Lipinski definition) is 2. The summed E-state index contributed by atoms with van der Waals surface area (Å²) >= 11 is 0. The summed E-state index contributed by atoms with van der Waals surface area (Å²) in [6.07, 6.45) is 1.33. The minimum absolute atomic E-state index is 0.0773. The average Bonchev–Trinajstić information content (AvgIpc) is 2.16. The highest BCUT2D eigenvalue weighted by atomic mass is 16.1. The SMILES string of the molecule is CC(=O)CCc1ccc(NC(C)=O)cc1. The van der Waals surface area contributed by atoms with Crippen molar-refractivity contribution in [2.45, 2.75) is 26.7 Å². The fourth-order valence-electron chi connectivity index (χ4n) is 1.28. The van der Waals surface area contributed by atoms with Gasteiger partial charge in [0.2, 0.25) is 5.91 Å². The Morgan fingerprint density at radius 1 is 1.13 bits per heavy atom. The number of ketones is 1. The molecule has 0 unspecified atom stereocenters. The second kappa shape index (κ2) is 5.29. The molecule has 15 heavy (non-hydrogen) atoms. The highest BCUT2D eigenvalue weighted by Gasteiger charge is 1.98. The van der Waals surface area contributed by atoms with Crippen LogP contribution in [0.3, 0.4) is 0 Å². The normalized spacial score (nSPS) is 9.73. The molecule has 80 valence electrons. The van der Waals surface area contributed by atoms with Crippen molar-refractivity contribution in [3.63, 3.8) is 0 Å². The van der Waals surface area contributed by atoms with Crippen molar-refractivity contribution in [3.05, 3.63) is 29.8 Å². The van der Waals surface area contributed by atoms with Gasteiger partial charge < -0.3 is 10.1 Å². The van der Waals surface area contributed by atoms with Gasteiger partial charge in [0.25, 0.3) is 0 Å². The van der Waals surface area contributed by atoms with Gasteiger partial charge in [0, 0.05) is 19.0 Å². The third-order valence-corrected chi connectivity index (χ3v) is 2.04. The number of benzene rings is 1. The Morgan fingerprint density at radius 3 is 2.20 bits per heavy atom. The number of Topliss-reactive ketones (excluding diaryl/α,β-unsaturated/α-hetero) is 1. The number of carbonyl (C=O) groups excluding carboxylic acids is 2. The molecule has 0 aliphatic heterocycles. The van der Waals surface area contributed by atoms with Gasteiger partial charge in [-0.3, -0.25) is 4.79 Å². The maximum atomic E-state index is 10.8. The summed E-state index contributed by atoms with van der Waals surface area (Å²) in [5.41, 5.74) is 1.90. The van der Waals surface area contributed by atoms with Crippen LogP contribution >= 0.6 is 0 Å². The van der Waals surface area contributed by atoms with Crippen LogP contribution in [0.15, 0.2) is 24.3 Å². The van der Waals surface area contributed by atoms with Gasteiger partial charge in [-0.05, 0) is 31.0 Å². The zero-order valence-corrected chi connectivity index (χ0v) is 9.04. The molecule has 0 aromatic heterocycles. The van der Waals surface area contributed by atoms with Crippen LogP contribution in [0.2, 0.25) is 0 Å². The lowest BCUT2D eigenvalue weighted by atomic mass is 10.1. The molecule has 0 bridgehead atoms. The standard InChI is InChI=1S/C12H15NO2/c1-9(14)3-4-11-5-7-12(8-6-11)13-10(2)15/h5-8H,3-4H2,1-2H3,(H,13,15). The lowest BCUT2D eigenvalue weighted by Gasteiger charge is -2.03. The predicted octanol–water partition coefficient (Wildman–Crippen LogP) is 2.17. The van der Waals surface area contributed by atoms with Crippen LogP contribution in [-0.4, -0.2) is 11.7 Å². The van der Waals surface area contributed by atoms with Gasteiger partial charge in [-0.2, -0.15) is 0 Å². The van der Waals surface area contributed by atoms with Crippen LogP contribution in [-0.2, 0) is 16.0 Å². The van der Waals surface area contributed by atoms with E-state index in [0.29, 0.717) is 6.42 Å². The lowest BCUT2D eigenvalue weighted by Crippen LogP contribution is -2.05. The van der Waals surface area contributed by atoms with Crippen LogP contribution in [0.5, 0.6) is 0 Å². The molecule has 0 radical (unpaired) electrons. The smallest absolute Gasteiger partial charge is 0.221 e. The molecule has 1 aromatic carbocycles. The number of hydrogen-bond donors (Lipinski definition) is 1. The Kier molecular flexibility index (Phi) is 4.03. The van der Waals surface area contributed by atoms with E-state index >= 15 is 0 Å². The molecule has 0 aliphatic carbocycles. The molecular formula is C12H15NO2. The van der Waals surface area contributed by atoms with Gasteiger partial charge in [-0.25, -0.2) is 0 Å². The Labute approximate surface area is 89.5 Å². The number of aryl methyl sites for hydroxylation is 1. The molecule has 0 saturated heterocycles. The monoisotopic (exact) mass is 205 g/mol. The van der Waals surface area contributed by atoms with E-state index in [1.54, 1.807) is 6.92 Å². The zero-order valence-electron chi connectivity index (χ0n) is 9.04. The molecule has 1 amide bonds. The molecule has 0 saturated carbocycles. The predicted molar refractivity (Wildman–Crippen MR) is 59.7 cm³/mol. The summed E-state index contributed by atoms with van der Waals surface area (Å²) in [5.74, 6) is 0.118. The molecule has 0 heterocycles. The number of carbonyl (C=O) groups is 2. The molecule has 1 aromatic rings. The first-order valence-corrected chi connectivity index (χ1v) is 4.94. The van der Waals surface area contributed by atoms with Gasteiger partial charge >= 0.3 is 0 Å². The Bertz CT molecular complexity index is 354. The lowest BCUT2D eigenvalue weighted by molar-refractivity contribution is -0.117. The van der Waals surface area contributed by atoms with Crippen molar-refractivity contribution in [1.29, 1.82) is 0 Å². The van der Waals surface area contributed by atoms with Gasteiger partial charge in [-0.15, -0.1) is 0 Å². The first-order chi connectivity index (χ1) is 7.08. The van der Waals surface area contributed by atoms with Crippen molar-refractivity contribution in [1.82, 2.24) is 0 Å². The molecular weight excluding hydrogens is 190 g/mol. The minimum atomic E-state index is -0.0773. The first-order valence-electron chi connectivity index (χ1n) is 4.94. The molecule has 0 spiro atoms. The van der Waals surface area contributed by atoms with Gasteiger partial charge in [-0.1, -0.05) is 12.1 Å². The van der Waals surface area contributed by atoms with Crippen LogP contribution in [0, 0.1) is 0 Å². The number of rotatable bonds is 4. The molecule has 3 heteroatoms. The summed E-state index contributed by atoms with van der Waals surface area (Å²) in [6, 6.07) is 7.54. The van der Waals surface area contributed by atoms with E-state index in [4.69, 9.17) is 0 Å². The second-order valence-corrected chi connectivity index (χ2v) is 3.58. The number of anilines is 1. The number of amides is 1. The molecule has 0 aliphatic rings. The van der Waals surface area contributed by atoms with Crippen LogP contribution in [0.1, 0.15) is 25.8 Å². The summed E-state index contributed by atoms with van der Waals surface area (Å²) in [7, 11) is 0. The third kappa shape index (κ3) is 4.40. The maximum Gasteiger partial charge on any atom is 0.221 e. The largest absolute Gasteiger partial charge is 0.326 e. The third-order valence-electron chi connectivity index (χ3n) is 2.04. The first kappa shape index (κ1) is 11.4. The van der Waals surface area contributed by atoms with E-state index in [9.17, 15) is 9.59 Å². The second-order valence-electron chi connectivity index (χ2n) is 3.58. The van der Waals surface area contributed by atoms with Crippen molar-refractivity contribution >= 4 is 17.4 Å².